The summed E-state index contributed by atoms with van der Waals surface area (Å²) in [7, 11) is 0. The molecule has 0 bridgehead atoms. The number of carbonyl (C=O) groups excluding carboxylic acids is 9. The molecule has 6 rings (SSSR count). The maximum atomic E-state index is 15.2. The SMILES string of the molecule is CC(=O)N[C@H](CCCN=C(N)N)C(=O)N[C@H]1CC(=O)NCCCC[C@@H](C(N)=O)NC(=O)[C@H](Cc2c[nH]c3ccccc23)CC(=O)[C@H](CCCN=C(N)N)CC(=O)[C@@H](Cc2ccccc2)NC(=O)[C@@H]2C[C@@H](Cc3ccccc3)CN2C1=O. The van der Waals surface area contributed by atoms with Gasteiger partial charge in [-0.1, -0.05) is 78.9 Å². The van der Waals surface area contributed by atoms with Crippen molar-refractivity contribution in [3.8, 4) is 0 Å². The fraction of sp³-hybridized carbons (Fsp3) is 0.466. The lowest BCUT2D eigenvalue weighted by atomic mass is 9.83. The maximum Gasteiger partial charge on any atom is 0.246 e. The van der Waals surface area contributed by atoms with Crippen molar-refractivity contribution in [3.63, 3.8) is 0 Å². The van der Waals surface area contributed by atoms with Crippen LogP contribution in [0.2, 0.25) is 0 Å². The van der Waals surface area contributed by atoms with Crippen molar-refractivity contribution in [3.05, 3.63) is 108 Å². The normalized spacial score (nSPS) is 22.3. The molecule has 0 saturated carbocycles. The summed E-state index contributed by atoms with van der Waals surface area (Å²) in [6.07, 6.45) is 2.54. The number of amides is 7. The Balaban J connectivity index is 1.40. The summed E-state index contributed by atoms with van der Waals surface area (Å²) in [5, 5.41) is 14.7. The molecule has 2 fully saturated rings. The van der Waals surface area contributed by atoms with E-state index in [4.69, 9.17) is 28.7 Å². The minimum absolute atomic E-state index is 0.00110. The van der Waals surface area contributed by atoms with Crippen molar-refractivity contribution >= 4 is 75.7 Å². The van der Waals surface area contributed by atoms with Crippen LogP contribution < -0.4 is 55.3 Å². The van der Waals surface area contributed by atoms with E-state index in [2.05, 4.69) is 41.6 Å². The lowest BCUT2D eigenvalue weighted by Crippen LogP contribution is -2.58. The van der Waals surface area contributed by atoms with Gasteiger partial charge in [-0.15, -0.1) is 0 Å². The van der Waals surface area contributed by atoms with Crippen LogP contribution in [0.25, 0.3) is 10.9 Å². The second-order valence-corrected chi connectivity index (χ2v) is 21.1. The molecule has 7 amide bonds. The zero-order chi connectivity index (χ0) is 58.4. The first kappa shape index (κ1) is 61.6. The van der Waals surface area contributed by atoms with Gasteiger partial charge in [0.15, 0.2) is 17.7 Å². The van der Waals surface area contributed by atoms with Gasteiger partial charge in [-0.25, -0.2) is 0 Å². The van der Waals surface area contributed by atoms with Crippen LogP contribution in [0.5, 0.6) is 0 Å². The third-order valence-corrected chi connectivity index (χ3v) is 14.7. The number of aliphatic imine (C=N–C) groups is 2. The number of para-hydroxylation sites is 1. The summed E-state index contributed by atoms with van der Waals surface area (Å²) in [5.74, 6) is -8.37. The number of H-pyrrole nitrogens is 1. The molecule has 3 aromatic carbocycles. The van der Waals surface area contributed by atoms with E-state index < -0.39 is 101 Å². The average molecular weight is 1120 g/mol. The minimum atomic E-state index is -1.56. The number of benzene rings is 3. The van der Waals surface area contributed by atoms with Crippen LogP contribution in [-0.4, -0.2) is 131 Å². The van der Waals surface area contributed by atoms with E-state index in [1.807, 2.05) is 54.6 Å². The molecule has 434 valence electrons. The number of primary amides is 1. The molecule has 16 N–H and O–H groups in total. The average Bonchev–Trinajstić information content (AvgIpc) is 4.20. The van der Waals surface area contributed by atoms with Gasteiger partial charge < -0.3 is 65.1 Å². The minimum Gasteiger partial charge on any atom is -0.370 e. The van der Waals surface area contributed by atoms with Crippen molar-refractivity contribution in [1.29, 1.82) is 0 Å². The third kappa shape index (κ3) is 19.3. The van der Waals surface area contributed by atoms with Crippen LogP contribution in [0.15, 0.2) is 101 Å². The lowest BCUT2D eigenvalue weighted by molar-refractivity contribution is -0.143. The predicted octanol–water partition coefficient (Wildman–Crippen LogP) is 0.805. The van der Waals surface area contributed by atoms with Gasteiger partial charge in [0.25, 0.3) is 0 Å². The number of ketones is 2. The van der Waals surface area contributed by atoms with E-state index in [1.165, 1.54) is 11.8 Å². The number of hydrogen-bond acceptors (Lipinski definition) is 11. The highest BCUT2D eigenvalue weighted by atomic mass is 16.2. The molecule has 23 nitrogen and oxygen atoms in total. The quantitative estimate of drug-likeness (QED) is 0.0374. The largest absolute Gasteiger partial charge is 0.370 e. The Hall–Kier alpha value is -8.63. The maximum absolute atomic E-state index is 15.2. The Morgan fingerprint density at radius 1 is 0.716 bits per heavy atom. The second-order valence-electron chi connectivity index (χ2n) is 21.1. The number of nitrogens with two attached hydrogens (primary N) is 5. The highest BCUT2D eigenvalue weighted by molar-refractivity contribution is 5.99. The molecule has 0 aliphatic carbocycles. The molecule has 23 heteroatoms. The molecule has 0 radical (unpaired) electrons. The number of rotatable bonds is 18. The lowest BCUT2D eigenvalue weighted by Gasteiger charge is -2.31. The summed E-state index contributed by atoms with van der Waals surface area (Å²) in [4.78, 5) is 141. The zero-order valence-corrected chi connectivity index (χ0v) is 45.9. The molecule has 2 aliphatic heterocycles. The molecular formula is C58H78N14O9. The number of hydrogen-bond donors (Lipinski definition) is 11. The molecule has 8 atom stereocenters. The fourth-order valence-corrected chi connectivity index (χ4v) is 10.6. The van der Waals surface area contributed by atoms with E-state index >= 15 is 14.4 Å². The number of carbonyl (C=O) groups is 9. The topological polar surface area (TPSA) is 388 Å². The summed E-state index contributed by atoms with van der Waals surface area (Å²) >= 11 is 0. The molecule has 2 aliphatic rings. The highest BCUT2D eigenvalue weighted by Gasteiger charge is 2.44. The van der Waals surface area contributed by atoms with Gasteiger partial charge in [-0.3, -0.25) is 53.1 Å². The van der Waals surface area contributed by atoms with E-state index in [1.54, 1.807) is 36.5 Å². The standard InChI is InChI=1S/C58H78N14O9/c1-35(73)68-45(22-13-25-66-58(62)63)54(79)71-47-32-51(76)64-23-11-10-21-44(52(59)77)69-53(78)40(29-41-33-67-43-20-9-8-19-42(41)43)31-49(74)39(18-12-24-65-57(60)61)30-50(75)46(27-37-16-6-3-7-17-37)70-55(80)48-28-38(34-72(48)56(47)81)26-36-14-4-2-5-15-36/h2-9,14-17,19-20,33,38-40,44-48,67H,10-13,18,21-32,34H2,1H3,(H2,59,77)(H,64,76)(H,68,73)(H,69,78)(H,70,80)(H,71,79)(H4,60,61,65)(H4,62,63,66)/t38-,39-,40-,44+,45-,46-,47+,48+/m1/s1. The Kier molecular flexibility index (Phi) is 23.3. The van der Waals surface area contributed by atoms with Gasteiger partial charge >= 0.3 is 0 Å². The van der Waals surface area contributed by atoms with Crippen LogP contribution in [0, 0.1) is 17.8 Å². The molecular weight excluding hydrogens is 1040 g/mol. The van der Waals surface area contributed by atoms with Gasteiger partial charge in [0.05, 0.1) is 12.5 Å². The van der Waals surface area contributed by atoms with Crippen molar-refractivity contribution in [1.82, 2.24) is 36.5 Å². The van der Waals surface area contributed by atoms with Crippen LogP contribution in [0.1, 0.15) is 94.2 Å². The van der Waals surface area contributed by atoms with Gasteiger partial charge in [0, 0.05) is 74.9 Å². The van der Waals surface area contributed by atoms with Crippen LogP contribution in [-0.2, 0) is 62.4 Å². The highest BCUT2D eigenvalue weighted by Crippen LogP contribution is 2.30. The molecule has 3 heterocycles. The Morgan fingerprint density at radius 2 is 1.36 bits per heavy atom. The Morgan fingerprint density at radius 3 is 2.02 bits per heavy atom. The number of nitrogens with zero attached hydrogens (tertiary/aromatic N) is 3. The monoisotopic (exact) mass is 1110 g/mol. The summed E-state index contributed by atoms with van der Waals surface area (Å²) < 4.78 is 0. The van der Waals surface area contributed by atoms with Crippen LogP contribution >= 0.6 is 0 Å². The number of aromatic amines is 1. The summed E-state index contributed by atoms with van der Waals surface area (Å²) in [6.45, 7) is 1.58. The van der Waals surface area contributed by atoms with Crippen LogP contribution in [0.3, 0.4) is 0 Å². The molecule has 0 spiro atoms. The first-order chi connectivity index (χ1) is 38.8. The first-order valence-corrected chi connectivity index (χ1v) is 27.7. The van der Waals surface area contributed by atoms with Gasteiger partial charge in [0.1, 0.15) is 30.0 Å². The second kappa shape index (κ2) is 30.7. The third-order valence-electron chi connectivity index (χ3n) is 14.7. The van der Waals surface area contributed by atoms with Crippen molar-refractivity contribution in [2.45, 2.75) is 127 Å². The number of Topliss-reactive ketones (excluding diaryl/α,β-unsaturated/α-hetero) is 2. The van der Waals surface area contributed by atoms with Crippen molar-refractivity contribution in [2.24, 2.45) is 56.4 Å². The molecule has 1 aromatic heterocycles. The fourth-order valence-electron chi connectivity index (χ4n) is 10.6. The van der Waals surface area contributed by atoms with Crippen LogP contribution in [0.4, 0.5) is 0 Å². The van der Waals surface area contributed by atoms with E-state index in [-0.39, 0.29) is 115 Å². The van der Waals surface area contributed by atoms with Gasteiger partial charge in [-0.2, -0.15) is 0 Å². The summed E-state index contributed by atoms with van der Waals surface area (Å²) in [6, 6.07) is 19.6. The zero-order valence-electron chi connectivity index (χ0n) is 45.9. The summed E-state index contributed by atoms with van der Waals surface area (Å²) in [5.41, 5.74) is 31.4. The van der Waals surface area contributed by atoms with E-state index in [9.17, 15) is 28.8 Å². The number of guanidine groups is 2. The number of nitrogens with one attached hydrogen (secondary N) is 6. The molecule has 0 unspecified atom stereocenters. The molecule has 81 heavy (non-hydrogen) atoms. The smallest absolute Gasteiger partial charge is 0.246 e. The first-order valence-electron chi connectivity index (χ1n) is 27.7. The number of aromatic nitrogens is 1. The predicted molar refractivity (Wildman–Crippen MR) is 306 cm³/mol. The van der Waals surface area contributed by atoms with Crippen molar-refractivity contribution < 1.29 is 43.2 Å². The van der Waals surface area contributed by atoms with E-state index in [0.717, 1.165) is 22.0 Å². The van der Waals surface area contributed by atoms with Gasteiger partial charge in [-0.05, 0) is 99.3 Å². The molecule has 4 aromatic rings. The Labute approximate surface area is 471 Å². The molecule has 2 saturated heterocycles. The Bertz CT molecular complexity index is 2890. The number of fused-ring (bicyclic) bond motifs is 2. The van der Waals surface area contributed by atoms with Gasteiger partial charge in [0.2, 0.25) is 41.4 Å². The van der Waals surface area contributed by atoms with E-state index in [0.29, 0.717) is 18.4 Å². The van der Waals surface area contributed by atoms with Crippen molar-refractivity contribution in [2.75, 3.05) is 26.2 Å².